The van der Waals surface area contributed by atoms with Crippen molar-refractivity contribution in [2.24, 2.45) is 11.8 Å². The zero-order valence-corrected chi connectivity index (χ0v) is 42.3. The van der Waals surface area contributed by atoms with E-state index in [1.54, 1.807) is 0 Å². The van der Waals surface area contributed by atoms with Gasteiger partial charge in [-0.15, -0.1) is 0 Å². The summed E-state index contributed by atoms with van der Waals surface area (Å²) in [4.78, 5) is 49.5. The van der Waals surface area contributed by atoms with E-state index in [-0.39, 0.29) is 58.1 Å². The van der Waals surface area contributed by atoms with Crippen LogP contribution in [0.15, 0.2) is 121 Å². The highest BCUT2D eigenvalue weighted by Gasteiger charge is 2.45. The Hall–Kier alpha value is -4.76. The third-order valence-corrected chi connectivity index (χ3v) is 19.6. The Morgan fingerprint density at radius 2 is 1.04 bits per heavy atom. The Morgan fingerprint density at radius 3 is 1.40 bits per heavy atom. The van der Waals surface area contributed by atoms with Gasteiger partial charge in [-0.1, -0.05) is 142 Å². The molecule has 0 unspecified atom stereocenters. The van der Waals surface area contributed by atoms with Crippen LogP contribution in [0.5, 0.6) is 0 Å². The third-order valence-electron chi connectivity index (χ3n) is 11.3. The van der Waals surface area contributed by atoms with Crippen molar-refractivity contribution >= 4 is 47.4 Å². The molecule has 67 heavy (non-hydrogen) atoms. The van der Waals surface area contributed by atoms with Gasteiger partial charge in [-0.2, -0.15) is 0 Å². The fourth-order valence-electron chi connectivity index (χ4n) is 6.40. The summed E-state index contributed by atoms with van der Waals surface area (Å²) in [7, 11) is -6.18. The van der Waals surface area contributed by atoms with Crippen molar-refractivity contribution in [1.29, 1.82) is 0 Å². The highest BCUT2D eigenvalue weighted by atomic mass is 31.2. The number of methoxy groups -OCH3 is 3. The van der Waals surface area contributed by atoms with E-state index in [1.807, 2.05) is 155 Å². The number of hydrogen-bond donors (Lipinski definition) is 0. The average Bonchev–Trinajstić information content (AvgIpc) is 3.78. The van der Waals surface area contributed by atoms with E-state index in [1.165, 1.54) is 21.3 Å². The van der Waals surface area contributed by atoms with Crippen molar-refractivity contribution in [2.45, 2.75) is 90.4 Å². The molecule has 4 aromatic carbocycles. The van der Waals surface area contributed by atoms with Gasteiger partial charge in [0.15, 0.2) is 14.4 Å². The van der Waals surface area contributed by atoms with Crippen LogP contribution >= 0.6 is 15.2 Å². The summed E-state index contributed by atoms with van der Waals surface area (Å²) in [6.45, 7) is 10.4. The molecule has 0 radical (unpaired) electrons. The van der Waals surface area contributed by atoms with Gasteiger partial charge in [0.1, 0.15) is 6.10 Å². The number of carbonyl (C=O) groups is 4. The number of rotatable bonds is 23. The van der Waals surface area contributed by atoms with E-state index in [0.29, 0.717) is 0 Å². The van der Waals surface area contributed by atoms with Crippen LogP contribution in [0.3, 0.4) is 0 Å². The molecule has 4 atom stereocenters. The fraction of sp³-hybridized carbons (Fsp3) is 0.429. The maximum absolute atomic E-state index is 14.1. The molecule has 372 valence electrons. The monoisotopic (exact) mass is 997 g/mol. The number of ether oxygens (including phenoxy) is 4. The molecule has 0 spiro atoms. The van der Waals surface area contributed by atoms with Gasteiger partial charge in [0, 0.05) is 16.8 Å². The SMILES string of the molecule is COC(=O)[C@@H](C[C@H](O[Si](C)(C)C(C)(C)C)C(=O)OC)CP(=O)(OCc1ccccc1)OCc1ccccc1.COC(=O)[C@@H]1C[C@@H](CP(=O)(OCc2ccccc2)OCc2ccccc2)C(=O)O1.[2HH].[2H][2H].[2H][2H].[2H][2H]. The topological polar surface area (TPSA) is 185 Å². The summed E-state index contributed by atoms with van der Waals surface area (Å²) in [5.41, 5.74) is 3.27. The van der Waals surface area contributed by atoms with Gasteiger partial charge in [0.2, 0.25) is 0 Å². The number of esters is 4. The molecule has 1 saturated heterocycles. The van der Waals surface area contributed by atoms with Gasteiger partial charge in [0.05, 0.1) is 71.9 Å². The molecule has 0 N–H and O–H groups in total. The van der Waals surface area contributed by atoms with E-state index >= 15 is 0 Å². The third kappa shape index (κ3) is 18.0. The minimum Gasteiger partial charge on any atom is -0.469 e. The summed E-state index contributed by atoms with van der Waals surface area (Å²) >= 11 is 0. The molecular weight excluding hydrogens is 919 g/mol. The molecule has 0 aromatic heterocycles. The van der Waals surface area contributed by atoms with Crippen molar-refractivity contribution in [2.75, 3.05) is 33.7 Å². The lowest BCUT2D eigenvalue weighted by molar-refractivity contribution is -0.159. The first kappa shape index (κ1) is 50.1. The molecule has 0 saturated carbocycles. The zero-order valence-electron chi connectivity index (χ0n) is 45.5. The number of carbonyl (C=O) groups excluding carboxylic acids is 4. The van der Waals surface area contributed by atoms with Crippen molar-refractivity contribution in [1.82, 2.24) is 0 Å². The first-order valence-corrected chi connectivity index (χ1v) is 28.2. The number of benzene rings is 4. The molecule has 0 amide bonds. The quantitative estimate of drug-likeness (QED) is 0.0295. The van der Waals surface area contributed by atoms with Crippen molar-refractivity contribution in [3.05, 3.63) is 144 Å². The van der Waals surface area contributed by atoms with Gasteiger partial charge in [-0.3, -0.25) is 18.7 Å². The Kier molecular flexibility index (Phi) is 19.5. The highest BCUT2D eigenvalue weighted by molar-refractivity contribution is 7.54. The Balaban J connectivity index is 0.00000132. The standard InChI is InChI=1S/C28H41O8PSi.C21H23O7P.4H2/c1-28(2,3)38(6,7)36-25(27(30)33-5)18-24(26(29)32-4)21-37(31,34-19-22-14-10-8-11-15-22)35-20-23-16-12-9-13-17-23;1-25-21(23)19-12-18(20(22)28-19)15-29(24,26-13-16-8-4-2-5-9-16)27-14-17-10-6-3-7-11-17;;;;/h8-17,24-25H,18-21H2,1-7H3;2-11,18-19H,12-15H2,1H3;4*1H/t24-,25-;18-,19-;;;;/m00..../s1/i;;3*1+1D;1+1. The summed E-state index contributed by atoms with van der Waals surface area (Å²) in [5.74, 6) is -4.24. The molecule has 18 heteroatoms. The van der Waals surface area contributed by atoms with Crippen LogP contribution < -0.4 is 0 Å². The van der Waals surface area contributed by atoms with Gasteiger partial charge in [0.25, 0.3) is 0 Å². The van der Waals surface area contributed by atoms with Crippen molar-refractivity contribution in [3.8, 4) is 0 Å². The Bertz CT molecular complexity index is 2200. The average molecular weight is 998 g/mol. The van der Waals surface area contributed by atoms with Gasteiger partial charge < -0.3 is 41.5 Å². The van der Waals surface area contributed by atoms with Crippen LogP contribution in [-0.4, -0.2) is 78.1 Å². The molecular formula is C49H72O15P2Si. The highest BCUT2D eigenvalue weighted by Crippen LogP contribution is 2.54. The smallest absolute Gasteiger partial charge is 0.347 e. The molecule has 1 aliphatic rings. The lowest BCUT2D eigenvalue weighted by Gasteiger charge is -2.39. The Labute approximate surface area is 406 Å². The summed E-state index contributed by atoms with van der Waals surface area (Å²) < 4.78 is 107. The molecule has 0 aliphatic carbocycles. The Morgan fingerprint density at radius 1 is 0.657 bits per heavy atom. The summed E-state index contributed by atoms with van der Waals surface area (Å²) in [6.07, 6.45) is -2.49. The molecule has 5 rings (SSSR count). The molecule has 0 bridgehead atoms. The maximum atomic E-state index is 14.1. The number of cyclic esters (lactones) is 1. The van der Waals surface area contributed by atoms with E-state index in [0.717, 1.165) is 22.3 Å². The molecule has 15 nitrogen and oxygen atoms in total. The van der Waals surface area contributed by atoms with Gasteiger partial charge in [-0.05, 0) is 46.8 Å². The van der Waals surface area contributed by atoms with Crippen LogP contribution in [0.1, 0.15) is 66.2 Å². The minimum atomic E-state index is -3.85. The van der Waals surface area contributed by atoms with Crippen molar-refractivity contribution in [3.63, 3.8) is 0 Å². The molecule has 1 fully saturated rings. The number of hydrogen-bond acceptors (Lipinski definition) is 15. The molecule has 1 heterocycles. The maximum Gasteiger partial charge on any atom is 0.347 e. The second kappa shape index (κ2) is 26.1. The molecule has 1 aliphatic heterocycles. The zero-order chi connectivity index (χ0) is 55.1. The fourth-order valence-corrected chi connectivity index (χ4v) is 11.3. The van der Waals surface area contributed by atoms with E-state index < -0.39 is 71.4 Å². The summed E-state index contributed by atoms with van der Waals surface area (Å²) in [5, 5.41) is -0.188. The summed E-state index contributed by atoms with van der Waals surface area (Å²) in [6, 6.07) is 37.1. The largest absolute Gasteiger partial charge is 0.469 e. The predicted octanol–water partition coefficient (Wildman–Crippen LogP) is 11.1. The first-order chi connectivity index (χ1) is 34.8. The predicted molar refractivity (Wildman–Crippen MR) is 263 cm³/mol. The lowest BCUT2D eigenvalue weighted by atomic mass is 10.0. The first-order valence-electron chi connectivity index (χ1n) is 24.8. The molecule has 4 aromatic rings. The van der Waals surface area contributed by atoms with Crippen LogP contribution in [0.4, 0.5) is 0 Å². The van der Waals surface area contributed by atoms with Crippen LogP contribution in [0.2, 0.25) is 18.1 Å². The minimum absolute atomic E-state index is 0. The normalized spacial score (nSPS) is 16.5. The van der Waals surface area contributed by atoms with Gasteiger partial charge >= 0.3 is 39.1 Å². The van der Waals surface area contributed by atoms with E-state index in [2.05, 4.69) is 4.74 Å². The van der Waals surface area contributed by atoms with Crippen LogP contribution in [0.25, 0.3) is 0 Å². The van der Waals surface area contributed by atoms with E-state index in [9.17, 15) is 28.3 Å². The lowest BCUT2D eigenvalue weighted by Crippen LogP contribution is -2.47. The van der Waals surface area contributed by atoms with Crippen LogP contribution in [0, 0.1) is 11.8 Å². The van der Waals surface area contributed by atoms with Crippen molar-refractivity contribution < 1.29 is 80.1 Å². The van der Waals surface area contributed by atoms with Crippen LogP contribution in [-0.2, 0) is 96.2 Å². The second-order valence-electron chi connectivity index (χ2n) is 17.4. The van der Waals surface area contributed by atoms with Gasteiger partial charge in [-0.25, -0.2) is 9.59 Å². The second-order valence-corrected chi connectivity index (χ2v) is 26.3. The van der Waals surface area contributed by atoms with E-state index in [4.69, 9.17) is 45.6 Å².